The average molecular weight is 467 g/mol. The fourth-order valence-corrected chi connectivity index (χ4v) is 2.99. The molecule has 7 nitrogen and oxygen atoms in total. The van der Waals surface area contributed by atoms with Gasteiger partial charge in [0.05, 0.1) is 6.10 Å². The molecule has 1 unspecified atom stereocenters. The van der Waals surface area contributed by atoms with E-state index in [1.807, 2.05) is 0 Å². The summed E-state index contributed by atoms with van der Waals surface area (Å²) >= 11 is 0. The van der Waals surface area contributed by atoms with Crippen molar-refractivity contribution in [2.75, 3.05) is 60.0 Å². The molecule has 1 amide bonds. The molecule has 2 fully saturated rings. The van der Waals surface area contributed by atoms with Gasteiger partial charge in [-0.15, -0.1) is 24.0 Å². The summed E-state index contributed by atoms with van der Waals surface area (Å²) in [5.74, 6) is 0.710. The summed E-state index contributed by atoms with van der Waals surface area (Å²) in [6.45, 7) is 5.99. The highest BCUT2D eigenvalue weighted by Crippen LogP contribution is 2.10. The fraction of sp³-hybridized carbons (Fsp3) is 0.882. The first-order valence-electron chi connectivity index (χ1n) is 9.21. The lowest BCUT2D eigenvalue weighted by Crippen LogP contribution is -2.45. The molecule has 25 heavy (non-hydrogen) atoms. The minimum Gasteiger partial charge on any atom is -0.376 e. The zero-order valence-corrected chi connectivity index (χ0v) is 18.0. The van der Waals surface area contributed by atoms with Gasteiger partial charge in [0.15, 0.2) is 5.96 Å². The number of ether oxygens (including phenoxy) is 1. The third kappa shape index (κ3) is 9.05. The summed E-state index contributed by atoms with van der Waals surface area (Å²) in [7, 11) is 3.50. The molecule has 0 bridgehead atoms. The van der Waals surface area contributed by atoms with Crippen molar-refractivity contribution in [2.45, 2.75) is 38.2 Å². The molecule has 0 aromatic carbocycles. The van der Waals surface area contributed by atoms with Crippen LogP contribution >= 0.6 is 24.0 Å². The summed E-state index contributed by atoms with van der Waals surface area (Å²) in [5, 5.41) is 6.67. The van der Waals surface area contributed by atoms with Crippen LogP contribution in [-0.4, -0.2) is 87.7 Å². The highest BCUT2D eigenvalue weighted by molar-refractivity contribution is 14.0. The van der Waals surface area contributed by atoms with Gasteiger partial charge in [-0.2, -0.15) is 0 Å². The Kier molecular flexibility index (Phi) is 11.4. The summed E-state index contributed by atoms with van der Waals surface area (Å²) in [4.78, 5) is 20.2. The Labute approximate surface area is 169 Å². The van der Waals surface area contributed by atoms with E-state index in [4.69, 9.17) is 4.74 Å². The predicted molar refractivity (Wildman–Crippen MR) is 112 cm³/mol. The van der Waals surface area contributed by atoms with Crippen molar-refractivity contribution in [3.63, 3.8) is 0 Å². The van der Waals surface area contributed by atoms with Crippen molar-refractivity contribution in [3.8, 4) is 0 Å². The fourth-order valence-electron chi connectivity index (χ4n) is 2.99. The molecule has 2 N–H and O–H groups in total. The number of hydrogen-bond donors (Lipinski definition) is 2. The lowest BCUT2D eigenvalue weighted by atomic mass is 10.1. The second-order valence-electron chi connectivity index (χ2n) is 6.80. The third-order valence-electron chi connectivity index (χ3n) is 4.56. The molecule has 2 rings (SSSR count). The van der Waals surface area contributed by atoms with E-state index in [2.05, 4.69) is 20.5 Å². The van der Waals surface area contributed by atoms with Gasteiger partial charge < -0.3 is 25.2 Å². The van der Waals surface area contributed by atoms with Crippen LogP contribution in [-0.2, 0) is 9.53 Å². The molecule has 8 heteroatoms. The maximum absolute atomic E-state index is 11.8. The monoisotopic (exact) mass is 467 g/mol. The van der Waals surface area contributed by atoms with Gasteiger partial charge in [0.1, 0.15) is 6.54 Å². The number of likely N-dealkylation sites (N-methyl/N-ethyl adjacent to an activating group) is 1. The lowest BCUT2D eigenvalue weighted by Gasteiger charge is -2.26. The molecule has 2 aliphatic heterocycles. The van der Waals surface area contributed by atoms with E-state index in [1.165, 1.54) is 32.4 Å². The topological polar surface area (TPSA) is 69.2 Å². The number of amides is 1. The van der Waals surface area contributed by atoms with Gasteiger partial charge in [0.25, 0.3) is 0 Å². The van der Waals surface area contributed by atoms with E-state index in [-0.39, 0.29) is 42.5 Å². The van der Waals surface area contributed by atoms with Crippen LogP contribution in [0, 0.1) is 0 Å². The molecule has 2 aliphatic rings. The summed E-state index contributed by atoms with van der Waals surface area (Å²) < 4.78 is 5.64. The SMILES string of the molecule is CN(C)C(=O)CN=C(NCCN1CCCCC1)NCC1CCCO1.I. The Balaban J connectivity index is 0.00000312. The van der Waals surface area contributed by atoms with Gasteiger partial charge >= 0.3 is 0 Å². The smallest absolute Gasteiger partial charge is 0.243 e. The van der Waals surface area contributed by atoms with Crippen LogP contribution in [0.5, 0.6) is 0 Å². The van der Waals surface area contributed by atoms with Crippen LogP contribution in [0.2, 0.25) is 0 Å². The first-order valence-corrected chi connectivity index (χ1v) is 9.21. The van der Waals surface area contributed by atoms with Crippen molar-refractivity contribution in [1.82, 2.24) is 20.4 Å². The second-order valence-corrected chi connectivity index (χ2v) is 6.80. The predicted octanol–water partition coefficient (Wildman–Crippen LogP) is 0.893. The minimum absolute atomic E-state index is 0. The molecular weight excluding hydrogens is 433 g/mol. The third-order valence-corrected chi connectivity index (χ3v) is 4.56. The molecule has 0 aromatic rings. The first kappa shape index (κ1) is 22.4. The Bertz CT molecular complexity index is 408. The maximum atomic E-state index is 11.8. The van der Waals surface area contributed by atoms with E-state index in [0.29, 0.717) is 5.96 Å². The normalized spacial score (nSPS) is 21.5. The van der Waals surface area contributed by atoms with Crippen LogP contribution in [0.1, 0.15) is 32.1 Å². The van der Waals surface area contributed by atoms with Gasteiger partial charge in [-0.25, -0.2) is 4.99 Å². The zero-order valence-electron chi connectivity index (χ0n) is 15.6. The molecule has 0 spiro atoms. The molecule has 0 saturated carbocycles. The van der Waals surface area contributed by atoms with Crippen molar-refractivity contribution >= 4 is 35.8 Å². The molecule has 0 radical (unpaired) electrons. The Morgan fingerprint density at radius 1 is 1.20 bits per heavy atom. The molecule has 1 atom stereocenters. The highest BCUT2D eigenvalue weighted by Gasteiger charge is 2.16. The van der Waals surface area contributed by atoms with Crippen LogP contribution in [0.3, 0.4) is 0 Å². The van der Waals surface area contributed by atoms with Gasteiger partial charge in [-0.05, 0) is 38.8 Å². The average Bonchev–Trinajstić information content (AvgIpc) is 3.10. The standard InChI is InChI=1S/C17H33N5O2.HI/c1-21(2)16(23)14-20-17(19-13-15-7-6-12-24-15)18-8-11-22-9-4-3-5-10-22;/h15H,3-14H2,1-2H3,(H2,18,19,20);1H. The summed E-state index contributed by atoms with van der Waals surface area (Å²) in [6.07, 6.45) is 6.42. The van der Waals surface area contributed by atoms with Crippen molar-refractivity contribution in [2.24, 2.45) is 4.99 Å². The second kappa shape index (κ2) is 12.7. The minimum atomic E-state index is 0. The number of halogens is 1. The number of nitrogens with one attached hydrogen (secondary N) is 2. The number of nitrogens with zero attached hydrogens (tertiary/aromatic N) is 3. The van der Waals surface area contributed by atoms with Crippen LogP contribution in [0.25, 0.3) is 0 Å². The van der Waals surface area contributed by atoms with Crippen molar-refractivity contribution in [3.05, 3.63) is 0 Å². The number of rotatable bonds is 7. The summed E-state index contributed by atoms with van der Waals surface area (Å²) in [6, 6.07) is 0. The Morgan fingerprint density at radius 2 is 1.96 bits per heavy atom. The first-order chi connectivity index (χ1) is 11.6. The van der Waals surface area contributed by atoms with E-state index in [1.54, 1.807) is 19.0 Å². The van der Waals surface area contributed by atoms with Gasteiger partial charge in [0, 0.05) is 40.3 Å². The number of hydrogen-bond acceptors (Lipinski definition) is 4. The van der Waals surface area contributed by atoms with E-state index in [9.17, 15) is 4.79 Å². The van der Waals surface area contributed by atoms with Crippen LogP contribution in [0.4, 0.5) is 0 Å². The molecule has 0 aliphatic carbocycles. The van der Waals surface area contributed by atoms with Gasteiger partial charge in [-0.3, -0.25) is 4.79 Å². The van der Waals surface area contributed by atoms with Crippen molar-refractivity contribution < 1.29 is 9.53 Å². The van der Waals surface area contributed by atoms with Crippen LogP contribution in [0.15, 0.2) is 4.99 Å². The molecule has 146 valence electrons. The van der Waals surface area contributed by atoms with Gasteiger partial charge in [-0.1, -0.05) is 6.42 Å². The van der Waals surface area contributed by atoms with Crippen molar-refractivity contribution in [1.29, 1.82) is 0 Å². The number of carbonyl (C=O) groups excluding carboxylic acids is 1. The molecular formula is C17H34IN5O2. The number of guanidine groups is 1. The molecule has 2 saturated heterocycles. The number of likely N-dealkylation sites (tertiary alicyclic amines) is 1. The largest absolute Gasteiger partial charge is 0.376 e. The number of aliphatic imine (C=N–C) groups is 1. The molecule has 0 aromatic heterocycles. The van der Waals surface area contributed by atoms with Gasteiger partial charge in [0.2, 0.25) is 5.91 Å². The molecule has 2 heterocycles. The number of piperidine rings is 1. The lowest BCUT2D eigenvalue weighted by molar-refractivity contribution is -0.127. The zero-order chi connectivity index (χ0) is 17.2. The van der Waals surface area contributed by atoms with E-state index in [0.717, 1.165) is 39.1 Å². The Hall–Kier alpha value is -0.610. The highest BCUT2D eigenvalue weighted by atomic mass is 127. The summed E-state index contributed by atoms with van der Waals surface area (Å²) in [5.41, 5.74) is 0. The quantitative estimate of drug-likeness (QED) is 0.331. The maximum Gasteiger partial charge on any atom is 0.243 e. The van der Waals surface area contributed by atoms with E-state index < -0.39 is 0 Å². The van der Waals surface area contributed by atoms with E-state index >= 15 is 0 Å². The number of carbonyl (C=O) groups is 1. The Morgan fingerprint density at radius 3 is 2.60 bits per heavy atom. The van der Waals surface area contributed by atoms with Crippen LogP contribution < -0.4 is 10.6 Å².